The average Bonchev–Trinajstić information content (AvgIpc) is 2.88. The molecule has 0 saturated heterocycles. The molecule has 124 valence electrons. The monoisotopic (exact) mass is 350 g/mol. The van der Waals surface area contributed by atoms with Crippen molar-refractivity contribution in [2.75, 3.05) is 6.54 Å². The van der Waals surface area contributed by atoms with Crippen molar-refractivity contribution in [1.82, 2.24) is 9.97 Å². The Morgan fingerprint density at radius 3 is 3.17 bits per heavy atom. The zero-order valence-electron chi connectivity index (χ0n) is 13.5. The van der Waals surface area contributed by atoms with Gasteiger partial charge in [0.25, 0.3) is 5.56 Å². The summed E-state index contributed by atoms with van der Waals surface area (Å²) >= 11 is 3.10. The maximum atomic E-state index is 12.5. The molecule has 0 unspecified atom stereocenters. The van der Waals surface area contributed by atoms with Crippen molar-refractivity contribution in [3.8, 4) is 0 Å². The normalized spacial score (nSPS) is 18.3. The molecule has 2 aromatic heterocycles. The van der Waals surface area contributed by atoms with Crippen molar-refractivity contribution >= 4 is 38.5 Å². The van der Waals surface area contributed by atoms with Crippen LogP contribution in [0.4, 0.5) is 0 Å². The number of thioether (sulfide) groups is 1. The predicted octanol–water partition coefficient (Wildman–Crippen LogP) is 3.07. The van der Waals surface area contributed by atoms with Gasteiger partial charge in [-0.25, -0.2) is 4.98 Å². The molecular formula is C16H22N4OS2. The molecule has 0 saturated carbocycles. The van der Waals surface area contributed by atoms with Crippen molar-refractivity contribution in [2.24, 2.45) is 16.6 Å². The van der Waals surface area contributed by atoms with Gasteiger partial charge in [-0.05, 0) is 37.2 Å². The van der Waals surface area contributed by atoms with E-state index in [0.717, 1.165) is 42.4 Å². The summed E-state index contributed by atoms with van der Waals surface area (Å²) in [4.78, 5) is 26.5. The van der Waals surface area contributed by atoms with Gasteiger partial charge < -0.3 is 10.7 Å². The number of hydrogen-bond donors (Lipinski definition) is 2. The molecule has 0 fully saturated rings. The lowest BCUT2D eigenvalue weighted by atomic mass is 9.89. The Kier molecular flexibility index (Phi) is 5.06. The van der Waals surface area contributed by atoms with Gasteiger partial charge in [0, 0.05) is 11.4 Å². The Morgan fingerprint density at radius 1 is 1.57 bits per heavy atom. The zero-order chi connectivity index (χ0) is 16.4. The molecule has 0 aromatic carbocycles. The van der Waals surface area contributed by atoms with Gasteiger partial charge in [-0.1, -0.05) is 25.6 Å². The molecule has 0 amide bonds. The van der Waals surface area contributed by atoms with Gasteiger partial charge in [0.2, 0.25) is 0 Å². The van der Waals surface area contributed by atoms with E-state index >= 15 is 0 Å². The summed E-state index contributed by atoms with van der Waals surface area (Å²) in [5.74, 6) is 1.91. The number of rotatable bonds is 4. The fraction of sp³-hybridized carbons (Fsp3) is 0.562. The minimum atomic E-state index is -0.0123. The second-order valence-electron chi connectivity index (χ2n) is 6.05. The van der Waals surface area contributed by atoms with Crippen LogP contribution >= 0.6 is 23.1 Å². The van der Waals surface area contributed by atoms with Crippen LogP contribution in [0.15, 0.2) is 9.79 Å². The highest BCUT2D eigenvalue weighted by Gasteiger charge is 2.22. The molecule has 3 rings (SSSR count). The van der Waals surface area contributed by atoms with Crippen molar-refractivity contribution < 1.29 is 0 Å². The molecule has 0 bridgehead atoms. The van der Waals surface area contributed by atoms with Gasteiger partial charge in [-0.2, -0.15) is 0 Å². The molecule has 0 spiro atoms. The highest BCUT2D eigenvalue weighted by molar-refractivity contribution is 8.13. The van der Waals surface area contributed by atoms with E-state index in [2.05, 4.69) is 28.8 Å². The Morgan fingerprint density at radius 2 is 2.39 bits per heavy atom. The number of nitrogens with zero attached hydrogens (tertiary/aromatic N) is 2. The predicted molar refractivity (Wildman–Crippen MR) is 99.5 cm³/mol. The smallest absolute Gasteiger partial charge is 0.259 e. The van der Waals surface area contributed by atoms with Gasteiger partial charge >= 0.3 is 0 Å². The van der Waals surface area contributed by atoms with Crippen molar-refractivity contribution in [2.45, 2.75) is 45.3 Å². The lowest BCUT2D eigenvalue weighted by Crippen LogP contribution is -2.15. The first kappa shape index (κ1) is 16.5. The van der Waals surface area contributed by atoms with Crippen molar-refractivity contribution in [1.29, 1.82) is 0 Å². The van der Waals surface area contributed by atoms with E-state index in [0.29, 0.717) is 22.7 Å². The third kappa shape index (κ3) is 3.61. The number of amidine groups is 1. The number of thiophene rings is 1. The number of aromatic nitrogens is 2. The van der Waals surface area contributed by atoms with E-state index in [1.165, 1.54) is 22.2 Å². The van der Waals surface area contributed by atoms with E-state index in [9.17, 15) is 4.79 Å². The van der Waals surface area contributed by atoms with Crippen LogP contribution in [0.3, 0.4) is 0 Å². The molecule has 2 aromatic rings. The quantitative estimate of drug-likeness (QED) is 0.655. The molecule has 1 aliphatic rings. The first-order valence-electron chi connectivity index (χ1n) is 8.04. The zero-order valence-corrected chi connectivity index (χ0v) is 15.1. The van der Waals surface area contributed by atoms with E-state index in [4.69, 9.17) is 5.73 Å². The van der Waals surface area contributed by atoms with E-state index in [-0.39, 0.29) is 5.56 Å². The summed E-state index contributed by atoms with van der Waals surface area (Å²) in [5, 5.41) is 1.35. The van der Waals surface area contributed by atoms with Crippen LogP contribution in [-0.4, -0.2) is 21.7 Å². The SMILES string of the molecule is CCCN=C(N)SCc1nc2sc3c(c2c(=O)[nH]1)CC[C@@H](C)C3. The lowest BCUT2D eigenvalue weighted by molar-refractivity contribution is 0.509. The fourth-order valence-electron chi connectivity index (χ4n) is 2.87. The highest BCUT2D eigenvalue weighted by Crippen LogP contribution is 2.35. The third-order valence-electron chi connectivity index (χ3n) is 4.06. The van der Waals surface area contributed by atoms with E-state index < -0.39 is 0 Å². The topological polar surface area (TPSA) is 84.1 Å². The number of aryl methyl sites for hydroxylation is 1. The summed E-state index contributed by atoms with van der Waals surface area (Å²) in [6.45, 7) is 5.07. The Hall–Kier alpha value is -1.34. The van der Waals surface area contributed by atoms with Crippen LogP contribution in [0.25, 0.3) is 10.2 Å². The van der Waals surface area contributed by atoms with Crippen LogP contribution in [0.5, 0.6) is 0 Å². The Balaban J connectivity index is 1.86. The largest absolute Gasteiger partial charge is 0.379 e. The van der Waals surface area contributed by atoms with Crippen molar-refractivity contribution in [3.63, 3.8) is 0 Å². The molecular weight excluding hydrogens is 328 g/mol. The summed E-state index contributed by atoms with van der Waals surface area (Å²) < 4.78 is 0. The molecule has 0 aliphatic heterocycles. The van der Waals surface area contributed by atoms with Gasteiger partial charge in [-0.15, -0.1) is 11.3 Å². The molecule has 1 aliphatic carbocycles. The van der Waals surface area contributed by atoms with Crippen LogP contribution in [0.1, 0.15) is 43.0 Å². The second-order valence-corrected chi connectivity index (χ2v) is 8.13. The maximum Gasteiger partial charge on any atom is 0.259 e. The summed E-state index contributed by atoms with van der Waals surface area (Å²) in [6, 6.07) is 0. The minimum Gasteiger partial charge on any atom is -0.379 e. The van der Waals surface area contributed by atoms with Crippen molar-refractivity contribution in [3.05, 3.63) is 26.6 Å². The Bertz CT molecular complexity index is 793. The molecule has 3 N–H and O–H groups in total. The second kappa shape index (κ2) is 7.05. The number of aliphatic imine (C=N–C) groups is 1. The van der Waals surface area contributed by atoms with Gasteiger partial charge in [0.15, 0.2) is 5.17 Å². The van der Waals surface area contributed by atoms with Gasteiger partial charge in [0.1, 0.15) is 10.7 Å². The third-order valence-corrected chi connectivity index (χ3v) is 6.05. The molecule has 2 heterocycles. The van der Waals surface area contributed by atoms with E-state index in [1.54, 1.807) is 11.3 Å². The minimum absolute atomic E-state index is 0.0123. The lowest BCUT2D eigenvalue weighted by Gasteiger charge is -2.17. The molecule has 23 heavy (non-hydrogen) atoms. The number of H-pyrrole nitrogens is 1. The summed E-state index contributed by atoms with van der Waals surface area (Å²) in [6.07, 6.45) is 4.18. The van der Waals surface area contributed by atoms with Gasteiger partial charge in [-0.3, -0.25) is 9.79 Å². The molecule has 0 radical (unpaired) electrons. The van der Waals surface area contributed by atoms with Crippen LogP contribution in [-0.2, 0) is 18.6 Å². The number of fused-ring (bicyclic) bond motifs is 3. The Labute approximate surface area is 143 Å². The molecule has 5 nitrogen and oxygen atoms in total. The van der Waals surface area contributed by atoms with E-state index in [1.807, 2.05) is 0 Å². The first-order valence-corrected chi connectivity index (χ1v) is 9.84. The number of nitrogens with two attached hydrogens (primary N) is 1. The summed E-state index contributed by atoms with van der Waals surface area (Å²) in [7, 11) is 0. The average molecular weight is 351 g/mol. The molecule has 1 atom stereocenters. The van der Waals surface area contributed by atoms with Gasteiger partial charge in [0.05, 0.1) is 11.1 Å². The first-order chi connectivity index (χ1) is 11.1. The molecule has 7 heteroatoms. The van der Waals surface area contributed by atoms with Crippen LogP contribution in [0.2, 0.25) is 0 Å². The maximum absolute atomic E-state index is 12.5. The highest BCUT2D eigenvalue weighted by atomic mass is 32.2. The number of nitrogens with one attached hydrogen (secondary N) is 1. The fourth-order valence-corrected chi connectivity index (χ4v) is 4.88. The number of aromatic amines is 1. The standard InChI is InChI=1S/C16H22N4OS2/c1-3-6-18-16(17)22-8-12-19-14(21)13-10-5-4-9(2)7-11(10)23-15(13)20-12/h9H,3-8H2,1-2H3,(H2,17,18)(H,19,20,21)/t9-/m1/s1. The van der Waals surface area contributed by atoms with Crippen LogP contribution < -0.4 is 11.3 Å². The van der Waals surface area contributed by atoms with Crippen LogP contribution in [0, 0.1) is 5.92 Å². The number of hydrogen-bond acceptors (Lipinski definition) is 5. The summed E-state index contributed by atoms with van der Waals surface area (Å²) in [5.41, 5.74) is 7.06.